The van der Waals surface area contributed by atoms with Crippen molar-refractivity contribution in [3.05, 3.63) is 48.0 Å². The highest BCUT2D eigenvalue weighted by molar-refractivity contribution is 5.92. The van der Waals surface area contributed by atoms with Crippen LogP contribution >= 0.6 is 0 Å². The van der Waals surface area contributed by atoms with E-state index in [1.54, 1.807) is 39.5 Å². The van der Waals surface area contributed by atoms with E-state index in [9.17, 15) is 29.2 Å². The lowest BCUT2D eigenvalue weighted by atomic mass is 9.80. The summed E-state index contributed by atoms with van der Waals surface area (Å²) in [6.45, 7) is 21.3. The van der Waals surface area contributed by atoms with Crippen molar-refractivity contribution in [3.8, 4) is 0 Å². The van der Waals surface area contributed by atoms with Crippen LogP contribution in [-0.2, 0) is 35.0 Å². The lowest BCUT2D eigenvalue weighted by molar-refractivity contribution is -0.256. The van der Waals surface area contributed by atoms with Crippen LogP contribution in [0.3, 0.4) is 0 Å². The smallest absolute Gasteiger partial charge is 0.408 e. The van der Waals surface area contributed by atoms with Gasteiger partial charge in [-0.05, 0) is 119 Å². The number of hydroxylamine groups is 2. The van der Waals surface area contributed by atoms with Gasteiger partial charge in [-0.3, -0.25) is 9.59 Å². The van der Waals surface area contributed by atoms with Crippen molar-refractivity contribution in [3.63, 3.8) is 0 Å². The van der Waals surface area contributed by atoms with E-state index in [0.717, 1.165) is 5.56 Å². The fourth-order valence-corrected chi connectivity index (χ4v) is 7.99. The van der Waals surface area contributed by atoms with Crippen LogP contribution in [-0.4, -0.2) is 105 Å². The molecular formula is C45H73N5O9. The molecule has 2 aliphatic heterocycles. The van der Waals surface area contributed by atoms with Crippen molar-refractivity contribution >= 4 is 30.0 Å². The van der Waals surface area contributed by atoms with Crippen LogP contribution in [0.15, 0.2) is 42.5 Å². The third-order valence-electron chi connectivity index (χ3n) is 10.5. The second kappa shape index (κ2) is 21.9. The molecule has 0 bridgehead atoms. The predicted octanol–water partition coefficient (Wildman–Crippen LogP) is 7.08. The Labute approximate surface area is 352 Å². The number of nitrogens with one attached hydrogen (secondary N) is 3. The summed E-state index contributed by atoms with van der Waals surface area (Å²) in [4.78, 5) is 68.6. The Kier molecular flexibility index (Phi) is 18.3. The number of likely N-dealkylation sites (tertiary alicyclic amines) is 1. The van der Waals surface area contributed by atoms with E-state index in [1.807, 2.05) is 70.2 Å². The van der Waals surface area contributed by atoms with Crippen molar-refractivity contribution in [2.24, 2.45) is 11.8 Å². The van der Waals surface area contributed by atoms with E-state index in [-0.39, 0.29) is 30.4 Å². The minimum atomic E-state index is -0.946. The van der Waals surface area contributed by atoms with Gasteiger partial charge in [0.25, 0.3) is 0 Å². The molecule has 14 nitrogen and oxygen atoms in total. The van der Waals surface area contributed by atoms with Gasteiger partial charge in [0.1, 0.15) is 23.8 Å². The molecule has 0 aliphatic carbocycles. The highest BCUT2D eigenvalue weighted by Gasteiger charge is 2.46. The van der Waals surface area contributed by atoms with E-state index in [1.165, 1.54) is 5.06 Å². The Morgan fingerprint density at radius 3 is 2.15 bits per heavy atom. The lowest BCUT2D eigenvalue weighted by Gasteiger charge is -2.50. The molecule has 2 fully saturated rings. The first-order valence-corrected chi connectivity index (χ1v) is 21.4. The van der Waals surface area contributed by atoms with Gasteiger partial charge in [0.15, 0.2) is 0 Å². The fourth-order valence-electron chi connectivity index (χ4n) is 7.99. The summed E-state index contributed by atoms with van der Waals surface area (Å²) in [5, 5.41) is 20.5. The molecule has 14 heteroatoms. The molecule has 0 radical (unpaired) electrons. The summed E-state index contributed by atoms with van der Waals surface area (Å²) in [5.41, 5.74) is -0.824. The highest BCUT2D eigenvalue weighted by Crippen LogP contribution is 2.38. The Hall–Kier alpha value is -4.17. The van der Waals surface area contributed by atoms with Crippen molar-refractivity contribution in [1.82, 2.24) is 25.9 Å². The third kappa shape index (κ3) is 16.4. The number of carbonyl (C=O) groups excluding carboxylic acids is 5. The number of piperidine rings is 1. The highest BCUT2D eigenvalue weighted by atomic mass is 16.6. The largest absolute Gasteiger partial charge is 0.461 e. The molecule has 0 aromatic heterocycles. The van der Waals surface area contributed by atoms with Gasteiger partial charge < -0.3 is 40.3 Å². The Morgan fingerprint density at radius 1 is 0.915 bits per heavy atom. The van der Waals surface area contributed by atoms with Crippen LogP contribution in [0.1, 0.15) is 133 Å². The molecule has 59 heavy (non-hydrogen) atoms. The number of nitrogens with zero attached hydrogens (tertiary/aromatic N) is 2. The SMILES string of the molecule is CC(C)C[C@@H](/C=C/[C@H](Cc1ccccc1)C(=O)N1CCC[C@H]1C(=O)N[C@H](CCCCNC(=O)OC1CC(C)(C)N(O)C(C)(C)C1)C(=O)OC(C)C)NC(=O)OC(C)(C)C. The van der Waals surface area contributed by atoms with E-state index >= 15 is 0 Å². The van der Waals surface area contributed by atoms with Crippen molar-refractivity contribution in [1.29, 1.82) is 0 Å². The average molecular weight is 828 g/mol. The maximum absolute atomic E-state index is 14.4. The number of amides is 4. The molecule has 332 valence electrons. The number of hydrogen-bond donors (Lipinski definition) is 4. The molecular weight excluding hydrogens is 755 g/mol. The van der Waals surface area contributed by atoms with E-state index in [0.29, 0.717) is 64.5 Å². The van der Waals surface area contributed by atoms with Gasteiger partial charge in [0.2, 0.25) is 11.8 Å². The molecule has 1 aromatic rings. The van der Waals surface area contributed by atoms with Crippen LogP contribution in [0.2, 0.25) is 0 Å². The second-order valence-electron chi connectivity index (χ2n) is 19.1. The number of carbonyl (C=O) groups is 5. The van der Waals surface area contributed by atoms with Crippen LogP contribution in [0.4, 0.5) is 9.59 Å². The van der Waals surface area contributed by atoms with Crippen molar-refractivity contribution in [2.45, 2.75) is 181 Å². The van der Waals surface area contributed by atoms with Gasteiger partial charge in [0, 0.05) is 37.0 Å². The normalized spacial score (nSPS) is 19.9. The number of alkyl carbamates (subject to hydrolysis) is 2. The topological polar surface area (TPSA) is 176 Å². The first-order chi connectivity index (χ1) is 27.5. The molecule has 2 saturated heterocycles. The number of benzene rings is 1. The fraction of sp³-hybridized carbons (Fsp3) is 0.711. The molecule has 0 saturated carbocycles. The molecule has 0 spiro atoms. The van der Waals surface area contributed by atoms with Crippen LogP contribution in [0.5, 0.6) is 0 Å². The summed E-state index contributed by atoms with van der Waals surface area (Å²) < 4.78 is 16.7. The zero-order valence-corrected chi connectivity index (χ0v) is 37.5. The number of ether oxygens (including phenoxy) is 3. The average Bonchev–Trinajstić information content (AvgIpc) is 3.60. The molecule has 1 aromatic carbocycles. The number of esters is 1. The van der Waals surface area contributed by atoms with Crippen LogP contribution in [0, 0.1) is 11.8 Å². The summed E-state index contributed by atoms with van der Waals surface area (Å²) >= 11 is 0. The lowest BCUT2D eigenvalue weighted by Crippen LogP contribution is -2.60. The molecule has 4 amide bonds. The number of rotatable bonds is 18. The zero-order chi connectivity index (χ0) is 44.1. The molecule has 3 rings (SSSR count). The van der Waals surface area contributed by atoms with Gasteiger partial charge >= 0.3 is 18.2 Å². The minimum Gasteiger partial charge on any atom is -0.461 e. The van der Waals surface area contributed by atoms with E-state index in [4.69, 9.17) is 14.2 Å². The van der Waals surface area contributed by atoms with E-state index in [2.05, 4.69) is 29.8 Å². The summed E-state index contributed by atoms with van der Waals surface area (Å²) in [5.74, 6) is -1.57. The number of unbranched alkanes of at least 4 members (excludes halogenated alkanes) is 1. The molecule has 4 N–H and O–H groups in total. The summed E-state index contributed by atoms with van der Waals surface area (Å²) in [6, 6.07) is 7.55. The Morgan fingerprint density at radius 2 is 1.56 bits per heavy atom. The first-order valence-electron chi connectivity index (χ1n) is 21.4. The monoisotopic (exact) mass is 828 g/mol. The molecule has 0 unspecified atom stereocenters. The van der Waals surface area contributed by atoms with Crippen LogP contribution < -0.4 is 16.0 Å². The molecule has 2 heterocycles. The van der Waals surface area contributed by atoms with Gasteiger partial charge in [-0.1, -0.05) is 56.3 Å². The van der Waals surface area contributed by atoms with Crippen molar-refractivity contribution in [2.75, 3.05) is 13.1 Å². The quantitative estimate of drug-likeness (QED) is 0.0518. The summed E-state index contributed by atoms with van der Waals surface area (Å²) in [7, 11) is 0. The zero-order valence-electron chi connectivity index (χ0n) is 37.5. The van der Waals surface area contributed by atoms with Gasteiger partial charge in [-0.25, -0.2) is 14.4 Å². The standard InChI is InChI=1S/C45H73N5O9/c1-30(2)26-34(47-42(55)59-43(5,6)7)23-22-33(27-32-18-13-12-14-19-32)39(52)49-25-17-21-37(49)38(51)48-36(40(53)57-31(3)4)20-15-16-24-46-41(54)58-35-28-44(8,9)50(56)45(10,11)29-35/h12-14,18-19,22-23,30-31,33-37,56H,15-17,20-21,24-29H2,1-11H3,(H,46,54)(H,47,55)(H,48,51)/b23-22+/t33-,34-,36-,37+/m1/s1. The summed E-state index contributed by atoms with van der Waals surface area (Å²) in [6.07, 6.45) is 6.20. The van der Waals surface area contributed by atoms with Crippen molar-refractivity contribution < 1.29 is 43.4 Å². The number of hydrogen-bond acceptors (Lipinski definition) is 10. The second-order valence-corrected chi connectivity index (χ2v) is 19.1. The van der Waals surface area contributed by atoms with Gasteiger partial charge in [0.05, 0.1) is 18.1 Å². The predicted molar refractivity (Wildman–Crippen MR) is 226 cm³/mol. The maximum Gasteiger partial charge on any atom is 0.408 e. The van der Waals surface area contributed by atoms with Gasteiger partial charge in [-0.2, -0.15) is 5.06 Å². The Balaban J connectivity index is 1.68. The van der Waals surface area contributed by atoms with E-state index < -0.39 is 64.8 Å². The first kappa shape index (κ1) is 49.2. The maximum atomic E-state index is 14.4. The van der Waals surface area contributed by atoms with Gasteiger partial charge in [-0.15, -0.1) is 0 Å². The molecule has 4 atom stereocenters. The molecule has 2 aliphatic rings. The van der Waals surface area contributed by atoms with Crippen LogP contribution in [0.25, 0.3) is 0 Å². The minimum absolute atomic E-state index is 0.211. The Bertz CT molecular complexity index is 1550. The third-order valence-corrected chi connectivity index (χ3v) is 10.5.